The van der Waals surface area contributed by atoms with Crippen LogP contribution >= 0.6 is 0 Å². The van der Waals surface area contributed by atoms with E-state index in [1.165, 1.54) is 0 Å². The number of hydrogen-bond donors (Lipinski definition) is 2. The molecule has 2 aromatic rings. The first kappa shape index (κ1) is 21.2. The summed E-state index contributed by atoms with van der Waals surface area (Å²) in [7, 11) is -2.23. The lowest BCUT2D eigenvalue weighted by Gasteiger charge is -2.07. The standard InChI is InChI=1S/C20H25N5O2S/c1-6-16(13-12-14(2)24-28(4,5)27)18-15(3)19(22-20(21)26)25(23-18)17-10-8-7-9-11-17/h6-13H,1H2,2-5H3,(H3,21,22,26)/b14-12+,16-13+. The van der Waals surface area contributed by atoms with Gasteiger partial charge in [-0.3, -0.25) is 5.32 Å². The number of benzene rings is 1. The van der Waals surface area contributed by atoms with Crippen molar-refractivity contribution in [1.82, 2.24) is 9.78 Å². The third kappa shape index (κ3) is 5.43. The molecule has 0 aliphatic carbocycles. The number of aromatic nitrogens is 2. The van der Waals surface area contributed by atoms with Crippen molar-refractivity contribution in [3.8, 4) is 5.69 Å². The molecule has 28 heavy (non-hydrogen) atoms. The molecule has 1 aromatic heterocycles. The number of carbonyl (C=O) groups excluding carboxylic acids is 1. The number of nitrogens with two attached hydrogens (primary N) is 1. The number of urea groups is 1. The van der Waals surface area contributed by atoms with Crippen molar-refractivity contribution in [2.45, 2.75) is 13.8 Å². The highest BCUT2D eigenvalue weighted by Crippen LogP contribution is 2.28. The van der Waals surface area contributed by atoms with Crippen LogP contribution in [0.1, 0.15) is 18.2 Å². The third-order valence-electron chi connectivity index (χ3n) is 3.73. The van der Waals surface area contributed by atoms with E-state index >= 15 is 0 Å². The van der Waals surface area contributed by atoms with Gasteiger partial charge in [-0.05, 0) is 32.1 Å². The van der Waals surface area contributed by atoms with Crippen molar-refractivity contribution in [1.29, 1.82) is 0 Å². The molecule has 0 unspecified atom stereocenters. The molecule has 148 valence electrons. The zero-order valence-corrected chi connectivity index (χ0v) is 17.3. The number of primary amides is 1. The number of carbonyl (C=O) groups is 1. The van der Waals surface area contributed by atoms with Crippen molar-refractivity contribution in [3.05, 3.63) is 72.1 Å². The summed E-state index contributed by atoms with van der Waals surface area (Å²) < 4.78 is 17.6. The summed E-state index contributed by atoms with van der Waals surface area (Å²) in [5.74, 6) is 0.483. The summed E-state index contributed by atoms with van der Waals surface area (Å²) in [5, 5.41) is 7.29. The van der Waals surface area contributed by atoms with Crippen LogP contribution in [0.5, 0.6) is 0 Å². The highest BCUT2D eigenvalue weighted by Gasteiger charge is 2.18. The van der Waals surface area contributed by atoms with E-state index in [0.717, 1.165) is 16.8 Å². The number of para-hydroxylation sites is 1. The lowest BCUT2D eigenvalue weighted by Crippen LogP contribution is -2.21. The quantitative estimate of drug-likeness (QED) is 0.721. The molecule has 0 saturated heterocycles. The molecule has 7 nitrogen and oxygen atoms in total. The van der Waals surface area contributed by atoms with Crippen molar-refractivity contribution < 1.29 is 9.00 Å². The summed E-state index contributed by atoms with van der Waals surface area (Å²) in [6.07, 6.45) is 8.38. The summed E-state index contributed by atoms with van der Waals surface area (Å²) in [4.78, 5) is 11.5. The van der Waals surface area contributed by atoms with Gasteiger partial charge in [-0.15, -0.1) is 0 Å². The number of hydrogen-bond acceptors (Lipinski definition) is 4. The van der Waals surface area contributed by atoms with Gasteiger partial charge in [-0.25, -0.2) is 18.0 Å². The molecule has 3 N–H and O–H groups in total. The van der Waals surface area contributed by atoms with Gasteiger partial charge < -0.3 is 5.73 Å². The Balaban J connectivity index is 2.61. The average Bonchev–Trinajstić information content (AvgIpc) is 2.91. The lowest BCUT2D eigenvalue weighted by atomic mass is 10.1. The zero-order chi connectivity index (χ0) is 20.9. The van der Waals surface area contributed by atoms with E-state index in [2.05, 4.69) is 21.4 Å². The molecule has 0 aliphatic heterocycles. The number of anilines is 1. The van der Waals surface area contributed by atoms with Crippen molar-refractivity contribution >= 4 is 27.2 Å². The van der Waals surface area contributed by atoms with E-state index in [0.29, 0.717) is 17.2 Å². The normalized spacial score (nSPS) is 12.6. The van der Waals surface area contributed by atoms with Crippen LogP contribution in [0.4, 0.5) is 10.6 Å². The van der Waals surface area contributed by atoms with Gasteiger partial charge in [0.1, 0.15) is 5.82 Å². The molecule has 0 saturated carbocycles. The topological polar surface area (TPSA) is 102 Å². The second kappa shape index (κ2) is 8.71. The van der Waals surface area contributed by atoms with Gasteiger partial charge in [0.25, 0.3) is 0 Å². The molecule has 0 bridgehead atoms. The van der Waals surface area contributed by atoms with Crippen LogP contribution in [0.15, 0.2) is 65.2 Å². The van der Waals surface area contributed by atoms with Crippen molar-refractivity contribution in [2.75, 3.05) is 17.8 Å². The largest absolute Gasteiger partial charge is 0.351 e. The predicted molar refractivity (Wildman–Crippen MR) is 116 cm³/mol. The molecule has 8 heteroatoms. The fraction of sp³-hybridized carbons (Fsp3) is 0.200. The minimum atomic E-state index is -2.23. The molecule has 0 aliphatic rings. The first-order chi connectivity index (χ1) is 13.1. The summed E-state index contributed by atoms with van der Waals surface area (Å²) >= 11 is 0. The Morgan fingerprint density at radius 1 is 1.29 bits per heavy atom. The fourth-order valence-corrected chi connectivity index (χ4v) is 3.38. The molecule has 1 aromatic carbocycles. The lowest BCUT2D eigenvalue weighted by molar-refractivity contribution is 0.259. The molecule has 2 rings (SSSR count). The molecular weight excluding hydrogens is 374 g/mol. The van der Waals surface area contributed by atoms with Gasteiger partial charge in [0.2, 0.25) is 0 Å². The van der Waals surface area contributed by atoms with Crippen LogP contribution in [0, 0.1) is 6.92 Å². The molecule has 2 amide bonds. The van der Waals surface area contributed by atoms with Crippen LogP contribution in [0.2, 0.25) is 0 Å². The van der Waals surface area contributed by atoms with Gasteiger partial charge in [0.15, 0.2) is 0 Å². The smallest absolute Gasteiger partial charge is 0.317 e. The van der Waals surface area contributed by atoms with Gasteiger partial charge in [-0.1, -0.05) is 36.9 Å². The summed E-state index contributed by atoms with van der Waals surface area (Å²) in [6.45, 7) is 7.48. The molecule has 0 spiro atoms. The van der Waals surface area contributed by atoms with Crippen LogP contribution in [-0.4, -0.2) is 32.5 Å². The van der Waals surface area contributed by atoms with E-state index in [1.54, 1.807) is 42.3 Å². The number of amides is 2. The monoisotopic (exact) mass is 399 g/mol. The van der Waals surface area contributed by atoms with Crippen molar-refractivity contribution in [2.24, 2.45) is 10.1 Å². The Morgan fingerprint density at radius 2 is 1.93 bits per heavy atom. The maximum Gasteiger partial charge on any atom is 0.317 e. The first-order valence-electron chi connectivity index (χ1n) is 8.52. The molecule has 0 fully saturated rings. The second-order valence-electron chi connectivity index (χ2n) is 6.47. The second-order valence-corrected chi connectivity index (χ2v) is 9.01. The minimum absolute atomic E-state index is 0.483. The molecule has 0 atom stereocenters. The van der Waals surface area contributed by atoms with Crippen LogP contribution in [0.25, 0.3) is 11.3 Å². The maximum atomic E-state index is 11.8. The number of nitrogens with zero attached hydrogens (tertiary/aromatic N) is 3. The van der Waals surface area contributed by atoms with Gasteiger partial charge in [0.05, 0.1) is 11.4 Å². The minimum Gasteiger partial charge on any atom is -0.351 e. The fourth-order valence-electron chi connectivity index (χ4n) is 2.62. The Bertz CT molecular complexity index is 1060. The Morgan fingerprint density at radius 3 is 2.46 bits per heavy atom. The maximum absolute atomic E-state index is 11.8. The average molecular weight is 400 g/mol. The van der Waals surface area contributed by atoms with Crippen molar-refractivity contribution in [3.63, 3.8) is 0 Å². The SMILES string of the molecule is C=C/C(=C\C=C(/C)N=S(C)(C)=O)c1nn(-c2ccccc2)c(NC(N)=O)c1C. The Labute approximate surface area is 165 Å². The van der Waals surface area contributed by atoms with E-state index in [9.17, 15) is 9.00 Å². The molecule has 0 radical (unpaired) electrons. The highest BCUT2D eigenvalue weighted by molar-refractivity contribution is 7.92. The zero-order valence-electron chi connectivity index (χ0n) is 16.5. The highest BCUT2D eigenvalue weighted by atomic mass is 32.2. The number of allylic oxidation sites excluding steroid dienone is 5. The number of rotatable bonds is 6. The Hall–Kier alpha value is -3.13. The van der Waals surface area contributed by atoms with E-state index < -0.39 is 15.8 Å². The van der Waals surface area contributed by atoms with Gasteiger partial charge in [0, 0.05) is 39.1 Å². The molecule has 1 heterocycles. The molecular formula is C20H25N5O2S. The van der Waals surface area contributed by atoms with Crippen LogP contribution in [0.3, 0.4) is 0 Å². The van der Waals surface area contributed by atoms with Gasteiger partial charge >= 0.3 is 6.03 Å². The van der Waals surface area contributed by atoms with Crippen LogP contribution in [-0.2, 0) is 9.73 Å². The summed E-state index contributed by atoms with van der Waals surface area (Å²) in [5.41, 5.74) is 8.86. The van der Waals surface area contributed by atoms with E-state index in [4.69, 9.17) is 5.73 Å². The van der Waals surface area contributed by atoms with Gasteiger partial charge in [-0.2, -0.15) is 5.10 Å². The third-order valence-corrected chi connectivity index (χ3v) is 4.45. The van der Waals surface area contributed by atoms with E-state index in [1.807, 2.05) is 37.3 Å². The predicted octanol–water partition coefficient (Wildman–Crippen LogP) is 3.87. The first-order valence-corrected chi connectivity index (χ1v) is 10.9. The Kier molecular flexibility index (Phi) is 6.58. The summed E-state index contributed by atoms with van der Waals surface area (Å²) in [6, 6.07) is 8.73. The van der Waals surface area contributed by atoms with E-state index in [-0.39, 0.29) is 0 Å². The van der Waals surface area contributed by atoms with Crippen LogP contribution < -0.4 is 11.1 Å². The number of nitrogens with one attached hydrogen (secondary N) is 1.